The first-order valence-corrected chi connectivity index (χ1v) is 13.4. The summed E-state index contributed by atoms with van der Waals surface area (Å²) in [6.45, 7) is 0.600. The Morgan fingerprint density at radius 1 is 1.05 bits per heavy atom. The third kappa shape index (κ3) is 5.52. The summed E-state index contributed by atoms with van der Waals surface area (Å²) in [5.41, 5.74) is 9.29. The van der Waals surface area contributed by atoms with E-state index in [9.17, 15) is 9.59 Å². The molecule has 3 N–H and O–H groups in total. The lowest BCUT2D eigenvalue weighted by Crippen LogP contribution is -2.14. The van der Waals surface area contributed by atoms with Crippen LogP contribution in [0.1, 0.15) is 83.6 Å². The number of halogens is 1. The number of nitrogens with one attached hydrogen (secondary N) is 1. The number of carbonyl (C=O) groups excluding carboxylic acids is 2. The second-order valence-corrected chi connectivity index (χ2v) is 10.5. The van der Waals surface area contributed by atoms with Crippen LogP contribution in [0.15, 0.2) is 36.5 Å². The predicted molar refractivity (Wildman–Crippen MR) is 145 cm³/mol. The monoisotopic (exact) mass is 521 g/mol. The molecule has 0 spiro atoms. The number of nitrogens with two attached hydrogens (primary N) is 1. The molecular formula is C29H32ClN3O4. The van der Waals surface area contributed by atoms with E-state index in [1.807, 2.05) is 18.2 Å². The molecule has 1 aromatic heterocycles. The Morgan fingerprint density at radius 2 is 1.78 bits per heavy atom. The number of hydrogen-bond acceptors (Lipinski definition) is 6. The van der Waals surface area contributed by atoms with Crippen molar-refractivity contribution < 1.29 is 19.1 Å². The second kappa shape index (κ2) is 11.0. The van der Waals surface area contributed by atoms with Crippen molar-refractivity contribution in [3.8, 4) is 5.75 Å². The minimum atomic E-state index is -0.611. The predicted octanol–water partition coefficient (Wildman–Crippen LogP) is 6.74. The number of pyridine rings is 1. The molecule has 0 unspecified atom stereocenters. The van der Waals surface area contributed by atoms with E-state index in [1.54, 1.807) is 12.1 Å². The minimum absolute atomic E-state index is 0.238. The summed E-state index contributed by atoms with van der Waals surface area (Å²) in [5.74, 6) is 0.425. The van der Waals surface area contributed by atoms with Gasteiger partial charge in [0.25, 0.3) is 5.91 Å². The molecule has 7 nitrogen and oxygen atoms in total. The normalized spacial score (nSPS) is 16.3. The van der Waals surface area contributed by atoms with Crippen LogP contribution in [-0.4, -0.2) is 30.6 Å². The Labute approximate surface area is 221 Å². The zero-order chi connectivity index (χ0) is 25.9. The van der Waals surface area contributed by atoms with Crippen LogP contribution in [0.5, 0.6) is 5.75 Å². The van der Waals surface area contributed by atoms with Crippen molar-refractivity contribution in [2.24, 2.45) is 11.7 Å². The number of aromatic nitrogens is 1. The SMILES string of the molecule is COC(=O)c1cc(Nc2c(C(N)=O)cnc3cc(Cl)c(OCC4CCCC4)cc23)cc(C2CCCC2)c1. The highest BCUT2D eigenvalue weighted by Crippen LogP contribution is 2.39. The molecule has 0 saturated heterocycles. The molecule has 0 radical (unpaired) electrons. The van der Waals surface area contributed by atoms with Gasteiger partial charge in [0.1, 0.15) is 5.75 Å². The standard InChI is InChI=1S/C29H32ClN3O4/c1-36-29(35)20-10-19(18-8-4-5-9-18)11-21(12-20)33-27-22-13-26(37-16-17-6-2-3-7-17)24(30)14-25(22)32-15-23(27)28(31)34/h10-15,17-18H,2-9,16H2,1H3,(H2,31,34)(H,32,33). The van der Waals surface area contributed by atoms with Crippen LogP contribution >= 0.6 is 11.6 Å². The number of primary amides is 1. The molecule has 0 bridgehead atoms. The number of amides is 1. The van der Waals surface area contributed by atoms with Crippen molar-refractivity contribution in [1.29, 1.82) is 0 Å². The fourth-order valence-corrected chi connectivity index (χ4v) is 5.82. The van der Waals surface area contributed by atoms with Gasteiger partial charge < -0.3 is 20.5 Å². The van der Waals surface area contributed by atoms with Crippen molar-refractivity contribution in [1.82, 2.24) is 4.98 Å². The van der Waals surface area contributed by atoms with Gasteiger partial charge >= 0.3 is 5.97 Å². The van der Waals surface area contributed by atoms with Crippen LogP contribution in [0.25, 0.3) is 10.9 Å². The summed E-state index contributed by atoms with van der Waals surface area (Å²) in [6, 6.07) is 9.23. The number of nitrogens with zero attached hydrogens (tertiary/aromatic N) is 1. The number of anilines is 2. The number of hydrogen-bond donors (Lipinski definition) is 2. The summed E-state index contributed by atoms with van der Waals surface area (Å²) in [6.07, 6.45) is 10.7. The molecule has 0 atom stereocenters. The molecule has 3 aromatic rings. The fraction of sp³-hybridized carbons (Fsp3) is 0.414. The van der Waals surface area contributed by atoms with Crippen LogP contribution in [0.4, 0.5) is 11.4 Å². The van der Waals surface area contributed by atoms with Crippen molar-refractivity contribution in [2.75, 3.05) is 19.0 Å². The van der Waals surface area contributed by atoms with Crippen LogP contribution in [0.3, 0.4) is 0 Å². The van der Waals surface area contributed by atoms with E-state index in [2.05, 4.69) is 10.3 Å². The van der Waals surface area contributed by atoms with Crippen molar-refractivity contribution >= 4 is 45.8 Å². The highest BCUT2D eigenvalue weighted by molar-refractivity contribution is 6.33. The van der Waals surface area contributed by atoms with Crippen LogP contribution in [0.2, 0.25) is 5.02 Å². The van der Waals surface area contributed by atoms with Crippen molar-refractivity contribution in [3.63, 3.8) is 0 Å². The first-order chi connectivity index (χ1) is 17.9. The highest BCUT2D eigenvalue weighted by Gasteiger charge is 2.22. The summed E-state index contributed by atoms with van der Waals surface area (Å²) in [4.78, 5) is 29.3. The third-order valence-electron chi connectivity index (χ3n) is 7.61. The van der Waals surface area contributed by atoms with E-state index in [-0.39, 0.29) is 5.56 Å². The average Bonchev–Trinajstić information content (AvgIpc) is 3.61. The Kier molecular flexibility index (Phi) is 7.51. The maximum atomic E-state index is 12.5. The summed E-state index contributed by atoms with van der Waals surface area (Å²) in [7, 11) is 1.37. The number of rotatable bonds is 8. The lowest BCUT2D eigenvalue weighted by Gasteiger charge is -2.18. The molecule has 194 valence electrons. The molecule has 2 saturated carbocycles. The molecule has 1 heterocycles. The number of carbonyl (C=O) groups is 2. The first kappa shape index (κ1) is 25.3. The molecule has 8 heteroatoms. The zero-order valence-corrected chi connectivity index (χ0v) is 21.8. The molecule has 37 heavy (non-hydrogen) atoms. The molecule has 1 amide bonds. The summed E-state index contributed by atoms with van der Waals surface area (Å²) < 4.78 is 11.1. The van der Waals surface area contributed by atoms with Gasteiger partial charge in [-0.25, -0.2) is 4.79 Å². The Bertz CT molecular complexity index is 1330. The van der Waals surface area contributed by atoms with Crippen LogP contribution in [0, 0.1) is 5.92 Å². The molecular weight excluding hydrogens is 490 g/mol. The number of ether oxygens (including phenoxy) is 2. The van der Waals surface area contributed by atoms with Crippen molar-refractivity contribution in [3.05, 3.63) is 58.2 Å². The maximum absolute atomic E-state index is 12.5. The van der Waals surface area contributed by atoms with E-state index in [0.29, 0.717) is 57.1 Å². The molecule has 5 rings (SSSR count). The number of esters is 1. The Morgan fingerprint density at radius 3 is 2.49 bits per heavy atom. The summed E-state index contributed by atoms with van der Waals surface area (Å²) >= 11 is 6.54. The summed E-state index contributed by atoms with van der Waals surface area (Å²) in [5, 5.41) is 4.50. The lowest BCUT2D eigenvalue weighted by atomic mass is 9.95. The van der Waals surface area contributed by atoms with E-state index < -0.39 is 11.9 Å². The largest absolute Gasteiger partial charge is 0.492 e. The topological polar surface area (TPSA) is 104 Å². The van der Waals surface area contributed by atoms with E-state index >= 15 is 0 Å². The van der Waals surface area contributed by atoms with E-state index in [4.69, 9.17) is 26.8 Å². The first-order valence-electron chi connectivity index (χ1n) is 13.0. The Hall–Kier alpha value is -3.32. The van der Waals surface area contributed by atoms with E-state index in [1.165, 1.54) is 39.0 Å². The van der Waals surface area contributed by atoms with Gasteiger partial charge in [-0.15, -0.1) is 0 Å². The van der Waals surface area contributed by atoms with Gasteiger partial charge in [-0.1, -0.05) is 37.3 Å². The van der Waals surface area contributed by atoms with Gasteiger partial charge in [0.15, 0.2) is 0 Å². The number of fused-ring (bicyclic) bond motifs is 1. The van der Waals surface area contributed by atoms with Gasteiger partial charge in [0.05, 0.1) is 41.1 Å². The Balaban J connectivity index is 1.57. The second-order valence-electron chi connectivity index (χ2n) is 10.1. The van der Waals surface area contributed by atoms with Gasteiger partial charge in [-0.3, -0.25) is 9.78 Å². The van der Waals surface area contributed by atoms with Crippen molar-refractivity contribution in [2.45, 2.75) is 57.3 Å². The van der Waals surface area contributed by atoms with Gasteiger partial charge in [0.2, 0.25) is 0 Å². The zero-order valence-electron chi connectivity index (χ0n) is 21.0. The molecule has 2 aliphatic rings. The number of benzene rings is 2. The fourth-order valence-electron chi connectivity index (χ4n) is 5.61. The quantitative estimate of drug-likeness (QED) is 0.318. The highest BCUT2D eigenvalue weighted by atomic mass is 35.5. The molecule has 2 fully saturated rings. The van der Waals surface area contributed by atoms with E-state index in [0.717, 1.165) is 31.2 Å². The van der Waals surface area contributed by atoms with Crippen LogP contribution in [-0.2, 0) is 4.74 Å². The van der Waals surface area contributed by atoms with Gasteiger partial charge in [-0.2, -0.15) is 0 Å². The van der Waals surface area contributed by atoms with Gasteiger partial charge in [0, 0.05) is 17.3 Å². The molecule has 2 aliphatic carbocycles. The average molecular weight is 522 g/mol. The lowest BCUT2D eigenvalue weighted by molar-refractivity contribution is 0.0600. The smallest absolute Gasteiger partial charge is 0.337 e. The third-order valence-corrected chi connectivity index (χ3v) is 7.90. The maximum Gasteiger partial charge on any atom is 0.337 e. The number of methoxy groups -OCH3 is 1. The van der Waals surface area contributed by atoms with Gasteiger partial charge in [-0.05, 0) is 73.4 Å². The molecule has 2 aromatic carbocycles. The minimum Gasteiger partial charge on any atom is -0.492 e. The van der Waals surface area contributed by atoms with Crippen LogP contribution < -0.4 is 15.8 Å². The molecule has 0 aliphatic heterocycles.